The van der Waals surface area contributed by atoms with Crippen molar-refractivity contribution in [3.63, 3.8) is 0 Å². The van der Waals surface area contributed by atoms with Crippen LogP contribution >= 0.6 is 0 Å². The normalized spacial score (nSPS) is 11.3. The zero-order valence-electron chi connectivity index (χ0n) is 7.05. The first-order valence-electron chi connectivity index (χ1n) is 3.44. The van der Waals surface area contributed by atoms with Gasteiger partial charge in [0.2, 0.25) is 5.82 Å². The van der Waals surface area contributed by atoms with Crippen molar-refractivity contribution in [2.45, 2.75) is 4.90 Å². The van der Waals surface area contributed by atoms with Gasteiger partial charge in [0.05, 0.1) is 10.6 Å². The Morgan fingerprint density at radius 2 is 2.00 bits per heavy atom. The second kappa shape index (κ2) is 3.44. The van der Waals surface area contributed by atoms with E-state index in [0.29, 0.717) is 12.1 Å². The first kappa shape index (κ1) is 11.3. The zero-order valence-corrected chi connectivity index (χ0v) is 7.86. The average Bonchev–Trinajstić information content (AvgIpc) is 2.00. The number of nitrogens with zero attached hydrogens (tertiary/aromatic N) is 1. The van der Waals surface area contributed by atoms with Crippen molar-refractivity contribution in [2.75, 3.05) is 5.73 Å². The highest BCUT2D eigenvalue weighted by atomic mass is 32.2. The van der Waals surface area contributed by atoms with Crippen LogP contribution < -0.4 is 5.73 Å². The molecule has 0 atom stereocenters. The van der Waals surface area contributed by atoms with Crippen molar-refractivity contribution in [1.82, 2.24) is 0 Å². The Bertz CT molecular complexity index is 527. The van der Waals surface area contributed by atoms with Gasteiger partial charge < -0.3 is 5.73 Å². The van der Waals surface area contributed by atoms with Crippen molar-refractivity contribution in [1.29, 1.82) is 0 Å². The van der Waals surface area contributed by atoms with Crippen LogP contribution in [0.15, 0.2) is 17.0 Å². The number of nitrogen functional groups attached to an aromatic ring is 1. The van der Waals surface area contributed by atoms with Crippen LogP contribution in [0.25, 0.3) is 0 Å². The Labute approximate surface area is 83.2 Å². The van der Waals surface area contributed by atoms with E-state index in [9.17, 15) is 22.9 Å². The minimum Gasteiger partial charge on any atom is -0.398 e. The molecule has 82 valence electrons. The van der Waals surface area contributed by atoms with Gasteiger partial charge in [0, 0.05) is 12.1 Å². The SMILES string of the molecule is Nc1cc(F)c([N+](=O)[O-])cc1S(=O)(=O)O. The number of halogens is 1. The fourth-order valence-corrected chi connectivity index (χ4v) is 1.54. The summed E-state index contributed by atoms with van der Waals surface area (Å²) in [5.41, 5.74) is 3.41. The van der Waals surface area contributed by atoms with Crippen LogP contribution in [0.2, 0.25) is 0 Å². The first-order valence-corrected chi connectivity index (χ1v) is 4.88. The molecule has 3 N–H and O–H groups in total. The fraction of sp³-hybridized carbons (Fsp3) is 0. The van der Waals surface area contributed by atoms with E-state index in [0.717, 1.165) is 0 Å². The lowest BCUT2D eigenvalue weighted by molar-refractivity contribution is -0.387. The van der Waals surface area contributed by atoms with Crippen molar-refractivity contribution in [3.05, 3.63) is 28.1 Å². The molecule has 0 spiro atoms. The summed E-state index contributed by atoms with van der Waals surface area (Å²) in [6, 6.07) is 0.821. The monoisotopic (exact) mass is 236 g/mol. The van der Waals surface area contributed by atoms with E-state index in [4.69, 9.17) is 10.3 Å². The molecule has 15 heavy (non-hydrogen) atoms. The molecule has 1 aromatic carbocycles. The van der Waals surface area contributed by atoms with Crippen LogP contribution in [0.3, 0.4) is 0 Å². The Hall–Kier alpha value is -1.74. The van der Waals surface area contributed by atoms with Gasteiger partial charge in [-0.25, -0.2) is 0 Å². The topological polar surface area (TPSA) is 124 Å². The molecule has 0 heterocycles. The highest BCUT2D eigenvalue weighted by molar-refractivity contribution is 7.86. The van der Waals surface area contributed by atoms with E-state index in [1.165, 1.54) is 0 Å². The molecule has 0 unspecified atom stereocenters. The fourth-order valence-electron chi connectivity index (χ4n) is 0.921. The standard InChI is InChI=1S/C6H5FN2O5S/c7-3-1-4(8)6(15(12,13)14)2-5(3)9(10)11/h1-2H,8H2,(H,12,13,14). The number of benzene rings is 1. The third-order valence-corrected chi connectivity index (χ3v) is 2.46. The summed E-state index contributed by atoms with van der Waals surface area (Å²) in [5.74, 6) is -1.27. The third kappa shape index (κ3) is 2.19. The Morgan fingerprint density at radius 1 is 1.47 bits per heavy atom. The smallest absolute Gasteiger partial charge is 0.306 e. The highest BCUT2D eigenvalue weighted by Gasteiger charge is 2.23. The van der Waals surface area contributed by atoms with E-state index in [1.807, 2.05) is 0 Å². The predicted molar refractivity (Wildman–Crippen MR) is 47.3 cm³/mol. The van der Waals surface area contributed by atoms with Gasteiger partial charge in [0.1, 0.15) is 4.90 Å². The summed E-state index contributed by atoms with van der Waals surface area (Å²) in [4.78, 5) is 8.25. The summed E-state index contributed by atoms with van der Waals surface area (Å²) < 4.78 is 42.8. The van der Waals surface area contributed by atoms with Gasteiger partial charge in [-0.1, -0.05) is 0 Å². The van der Waals surface area contributed by atoms with Crippen molar-refractivity contribution in [3.8, 4) is 0 Å². The molecule has 9 heteroatoms. The molecule has 0 saturated heterocycles. The van der Waals surface area contributed by atoms with Gasteiger partial charge in [-0.2, -0.15) is 12.8 Å². The van der Waals surface area contributed by atoms with Crippen molar-refractivity contribution in [2.24, 2.45) is 0 Å². The molecule has 0 radical (unpaired) electrons. The lowest BCUT2D eigenvalue weighted by Gasteiger charge is -2.02. The lowest BCUT2D eigenvalue weighted by atomic mass is 10.3. The van der Waals surface area contributed by atoms with Gasteiger partial charge in [-0.3, -0.25) is 14.7 Å². The van der Waals surface area contributed by atoms with Gasteiger partial charge in [-0.05, 0) is 0 Å². The minimum absolute atomic E-state index is 0.361. The van der Waals surface area contributed by atoms with Crippen LogP contribution in [0.1, 0.15) is 0 Å². The summed E-state index contributed by atoms with van der Waals surface area (Å²) in [6.45, 7) is 0. The van der Waals surface area contributed by atoms with Gasteiger partial charge >= 0.3 is 5.69 Å². The maximum Gasteiger partial charge on any atom is 0.306 e. The summed E-state index contributed by atoms with van der Waals surface area (Å²) in [5, 5.41) is 10.3. The van der Waals surface area contributed by atoms with E-state index < -0.39 is 37.1 Å². The number of nitro groups is 1. The zero-order chi connectivity index (χ0) is 11.8. The van der Waals surface area contributed by atoms with Crippen molar-refractivity contribution < 1.29 is 22.3 Å². The molecule has 0 aromatic heterocycles. The molecule has 0 aliphatic rings. The lowest BCUT2D eigenvalue weighted by Crippen LogP contribution is -2.05. The summed E-state index contributed by atoms with van der Waals surface area (Å²) >= 11 is 0. The Balaban J connectivity index is 3.58. The Morgan fingerprint density at radius 3 is 2.40 bits per heavy atom. The van der Waals surface area contributed by atoms with Crippen LogP contribution in [-0.2, 0) is 10.1 Å². The highest BCUT2D eigenvalue weighted by Crippen LogP contribution is 2.26. The second-order valence-electron chi connectivity index (χ2n) is 2.57. The van der Waals surface area contributed by atoms with Crippen LogP contribution in [0, 0.1) is 15.9 Å². The maximum absolute atomic E-state index is 12.9. The molecule has 1 rings (SSSR count). The Kier molecular flexibility index (Phi) is 2.60. The summed E-state index contributed by atoms with van der Waals surface area (Å²) in [6.07, 6.45) is 0. The third-order valence-electron chi connectivity index (χ3n) is 1.55. The van der Waals surface area contributed by atoms with Gasteiger partial charge in [0.15, 0.2) is 0 Å². The average molecular weight is 236 g/mol. The molecule has 0 aliphatic heterocycles. The summed E-state index contributed by atoms with van der Waals surface area (Å²) in [7, 11) is -4.70. The molecule has 0 bridgehead atoms. The van der Waals surface area contributed by atoms with E-state index in [-0.39, 0.29) is 0 Å². The molecular formula is C6H5FN2O5S. The quantitative estimate of drug-likeness (QED) is 0.334. The predicted octanol–water partition coefficient (Wildman–Crippen LogP) is 0.563. The molecule has 7 nitrogen and oxygen atoms in total. The second-order valence-corrected chi connectivity index (χ2v) is 3.96. The number of nitrogens with two attached hydrogens (primary N) is 1. The molecule has 0 amide bonds. The van der Waals surface area contributed by atoms with E-state index >= 15 is 0 Å². The molecular weight excluding hydrogens is 231 g/mol. The van der Waals surface area contributed by atoms with E-state index in [2.05, 4.69) is 0 Å². The van der Waals surface area contributed by atoms with Gasteiger partial charge in [-0.15, -0.1) is 0 Å². The first-order chi connectivity index (χ1) is 6.73. The van der Waals surface area contributed by atoms with Crippen LogP contribution in [0.4, 0.5) is 15.8 Å². The molecule has 0 saturated carbocycles. The largest absolute Gasteiger partial charge is 0.398 e. The molecule has 0 aliphatic carbocycles. The van der Waals surface area contributed by atoms with Crippen molar-refractivity contribution >= 4 is 21.5 Å². The minimum atomic E-state index is -4.70. The van der Waals surface area contributed by atoms with E-state index in [1.54, 1.807) is 0 Å². The molecule has 1 aromatic rings. The number of rotatable bonds is 2. The van der Waals surface area contributed by atoms with Crippen LogP contribution in [0.5, 0.6) is 0 Å². The van der Waals surface area contributed by atoms with Gasteiger partial charge in [0.25, 0.3) is 10.1 Å². The number of anilines is 1. The van der Waals surface area contributed by atoms with Crippen LogP contribution in [-0.4, -0.2) is 17.9 Å². The maximum atomic E-state index is 12.9. The number of hydrogen-bond donors (Lipinski definition) is 2. The number of nitro benzene ring substituents is 1. The number of hydrogen-bond acceptors (Lipinski definition) is 5. The molecule has 0 fully saturated rings.